The van der Waals surface area contributed by atoms with Gasteiger partial charge in [0.1, 0.15) is 30.2 Å². The summed E-state index contributed by atoms with van der Waals surface area (Å²) in [7, 11) is -2.94. The second-order valence-corrected chi connectivity index (χ2v) is 13.4. The number of anilines is 1. The van der Waals surface area contributed by atoms with Crippen molar-refractivity contribution >= 4 is 43.3 Å². The molecule has 242 valence electrons. The molecule has 2 unspecified atom stereocenters. The van der Waals surface area contributed by atoms with Crippen LogP contribution in [0.4, 0.5) is 14.6 Å². The molecule has 3 aromatic heterocycles. The number of nitrogens with two attached hydrogens (primary N) is 1. The lowest BCUT2D eigenvalue weighted by atomic mass is 10.1. The first kappa shape index (κ1) is 32.8. The summed E-state index contributed by atoms with van der Waals surface area (Å²) < 4.78 is 84.7. The maximum atomic E-state index is 16.2. The average molecular weight is 687 g/mol. The molecule has 2 saturated heterocycles. The van der Waals surface area contributed by atoms with Crippen molar-refractivity contribution in [3.8, 4) is 0 Å². The summed E-state index contributed by atoms with van der Waals surface area (Å²) in [5.74, 6) is -0.0625. The molecule has 19 nitrogen and oxygen atoms in total. The number of hydrogen-bond acceptors (Lipinski definition) is 16. The quantitative estimate of drug-likeness (QED) is 0.187. The van der Waals surface area contributed by atoms with Crippen LogP contribution in [0.2, 0.25) is 0 Å². The SMILES string of the molecule is COOP1(=O)OC[C@H]2O[C@@H](n3ccc(=O)[nH]c3=O)[C@H](F)[C@@H]2OP(O)(=S)OC[C@@H](OC)[C@@H](F)[C@@H](n2cnc3c(N)ncnc32)O1. The van der Waals surface area contributed by atoms with Crippen molar-refractivity contribution in [2.24, 2.45) is 0 Å². The minimum absolute atomic E-state index is 0.0406. The zero-order valence-corrected chi connectivity index (χ0v) is 25.2. The number of hydrogen-bond donors (Lipinski definition) is 3. The zero-order valence-electron chi connectivity index (χ0n) is 22.6. The Balaban J connectivity index is 1.55. The van der Waals surface area contributed by atoms with E-state index in [-0.39, 0.29) is 17.0 Å². The number of phosphoric ester groups is 1. The molecule has 0 saturated carbocycles. The Morgan fingerprint density at radius 3 is 2.59 bits per heavy atom. The van der Waals surface area contributed by atoms with Gasteiger partial charge < -0.3 is 24.6 Å². The normalized spacial score (nSPS) is 35.4. The highest BCUT2D eigenvalue weighted by atomic mass is 32.5. The molecule has 9 atom stereocenters. The fourth-order valence-electron chi connectivity index (χ4n) is 4.41. The van der Waals surface area contributed by atoms with Gasteiger partial charge in [-0.2, -0.15) is 0 Å². The van der Waals surface area contributed by atoms with Gasteiger partial charge in [0, 0.05) is 19.4 Å². The number of phosphoric acid groups is 1. The van der Waals surface area contributed by atoms with Crippen LogP contribution in [0.1, 0.15) is 12.5 Å². The number of halogens is 2. The largest absolute Gasteiger partial charge is 0.504 e. The summed E-state index contributed by atoms with van der Waals surface area (Å²) in [6, 6.07) is 0.938. The first-order chi connectivity index (χ1) is 20.9. The molecule has 2 aliphatic rings. The minimum Gasteiger partial charge on any atom is -0.382 e. The van der Waals surface area contributed by atoms with E-state index in [1.165, 1.54) is 0 Å². The molecular formula is C20H25F2N7O12P2S. The summed E-state index contributed by atoms with van der Waals surface area (Å²) in [6.07, 6.45) is -10.2. The van der Waals surface area contributed by atoms with Crippen LogP contribution in [-0.4, -0.2) is 92.1 Å². The number of ether oxygens (including phenoxy) is 2. The molecule has 24 heteroatoms. The minimum atomic E-state index is -4.99. The molecule has 5 heterocycles. The highest BCUT2D eigenvalue weighted by Crippen LogP contribution is 2.56. The molecule has 3 aromatic rings. The van der Waals surface area contributed by atoms with Crippen molar-refractivity contribution in [2.75, 3.05) is 33.2 Å². The number of imidazole rings is 1. The smallest absolute Gasteiger partial charge is 0.382 e. The third-order valence-electron chi connectivity index (χ3n) is 6.44. The fourth-order valence-corrected chi connectivity index (χ4v) is 6.98. The number of rotatable bonds is 5. The van der Waals surface area contributed by atoms with Gasteiger partial charge in [-0.25, -0.2) is 38.0 Å². The number of aromatic nitrogens is 6. The van der Waals surface area contributed by atoms with Crippen LogP contribution in [0.5, 0.6) is 0 Å². The predicted octanol–water partition coefficient (Wildman–Crippen LogP) is 0.397. The Bertz CT molecular complexity index is 1710. The van der Waals surface area contributed by atoms with Gasteiger partial charge in [0.15, 0.2) is 36.3 Å². The number of nitrogen functional groups attached to an aromatic ring is 1. The fraction of sp³-hybridized carbons (Fsp3) is 0.550. The van der Waals surface area contributed by atoms with Gasteiger partial charge in [0.25, 0.3) is 5.56 Å². The summed E-state index contributed by atoms with van der Waals surface area (Å²) in [5, 5.41) is 0. The molecule has 0 radical (unpaired) electrons. The number of methoxy groups -OCH3 is 1. The van der Waals surface area contributed by atoms with Gasteiger partial charge in [-0.15, -0.1) is 4.67 Å². The zero-order chi connectivity index (χ0) is 31.8. The van der Waals surface area contributed by atoms with Crippen molar-refractivity contribution in [1.29, 1.82) is 0 Å². The van der Waals surface area contributed by atoms with Crippen molar-refractivity contribution in [1.82, 2.24) is 29.1 Å². The monoisotopic (exact) mass is 687 g/mol. The summed E-state index contributed by atoms with van der Waals surface area (Å²) >= 11 is 5.03. The molecule has 0 bridgehead atoms. The van der Waals surface area contributed by atoms with Crippen LogP contribution in [-0.2, 0) is 53.5 Å². The van der Waals surface area contributed by atoms with Crippen LogP contribution < -0.4 is 17.0 Å². The predicted molar refractivity (Wildman–Crippen MR) is 145 cm³/mol. The third kappa shape index (κ3) is 6.66. The highest BCUT2D eigenvalue weighted by Gasteiger charge is 2.52. The molecule has 2 fully saturated rings. The molecule has 4 N–H and O–H groups in total. The van der Waals surface area contributed by atoms with E-state index in [0.29, 0.717) is 4.57 Å². The summed E-state index contributed by atoms with van der Waals surface area (Å²) in [5.41, 5.74) is 4.03. The first-order valence-corrected chi connectivity index (χ1v) is 16.4. The lowest BCUT2D eigenvalue weighted by Gasteiger charge is -2.30. The van der Waals surface area contributed by atoms with Crippen LogP contribution in [0.3, 0.4) is 0 Å². The van der Waals surface area contributed by atoms with Crippen molar-refractivity contribution in [3.63, 3.8) is 0 Å². The Morgan fingerprint density at radius 1 is 1.11 bits per heavy atom. The molecule has 5 rings (SSSR count). The van der Waals surface area contributed by atoms with E-state index in [1.54, 1.807) is 0 Å². The Morgan fingerprint density at radius 2 is 1.89 bits per heavy atom. The number of H-pyrrole nitrogens is 1. The standard InChI is InChI=1S/C20H25F2N7O12P2S/c1-34-9-5-37-43(33,44)39-15-10(38-18(13(15)22)28-4-3-11(30)27-20(28)31)6-36-42(32,41-35-2)40-19(12(9)21)29-8-26-14-16(23)24-7-25-17(14)29/h3-4,7-10,12-13,15,18-19H,5-6H2,1-2H3,(H,33,44)(H2,23,24,25)(H,27,30,31)/t9-,10-,12-,13-,15-,18-,19+,42?,43?/m1/s1. The number of fused-ring (bicyclic) bond motifs is 2. The summed E-state index contributed by atoms with van der Waals surface area (Å²) in [4.78, 5) is 53.0. The molecule has 44 heavy (non-hydrogen) atoms. The number of alkyl halides is 2. The van der Waals surface area contributed by atoms with Gasteiger partial charge in [0.2, 0.25) is 0 Å². The van der Waals surface area contributed by atoms with Gasteiger partial charge in [-0.1, -0.05) is 0 Å². The maximum absolute atomic E-state index is 16.2. The molecule has 0 aromatic carbocycles. The maximum Gasteiger partial charge on any atom is 0.504 e. The number of aromatic amines is 1. The first-order valence-electron chi connectivity index (χ1n) is 12.4. The van der Waals surface area contributed by atoms with E-state index in [4.69, 9.17) is 49.8 Å². The van der Waals surface area contributed by atoms with E-state index in [9.17, 15) is 19.0 Å². The summed E-state index contributed by atoms with van der Waals surface area (Å²) in [6.45, 7) is -6.07. The van der Waals surface area contributed by atoms with Crippen molar-refractivity contribution in [3.05, 3.63) is 45.8 Å². The van der Waals surface area contributed by atoms with E-state index in [1.807, 2.05) is 4.98 Å². The lowest BCUT2D eigenvalue weighted by molar-refractivity contribution is -0.211. The van der Waals surface area contributed by atoms with Gasteiger partial charge in [-0.3, -0.25) is 32.5 Å². The second-order valence-electron chi connectivity index (χ2n) is 9.14. The number of nitrogens with one attached hydrogen (secondary N) is 1. The average Bonchev–Trinajstić information content (AvgIpc) is 3.53. The van der Waals surface area contributed by atoms with E-state index >= 15 is 8.78 Å². The Labute approximate surface area is 249 Å². The number of nitrogens with zero attached hydrogens (tertiary/aromatic N) is 5. The lowest BCUT2D eigenvalue weighted by Crippen LogP contribution is -2.37. The molecule has 2 aliphatic heterocycles. The van der Waals surface area contributed by atoms with Gasteiger partial charge in [-0.05, 0) is 11.8 Å². The second kappa shape index (κ2) is 13.0. The van der Waals surface area contributed by atoms with E-state index in [2.05, 4.69) is 19.8 Å². The molecule has 0 aliphatic carbocycles. The van der Waals surface area contributed by atoms with Crippen molar-refractivity contribution in [2.45, 2.75) is 43.1 Å². The topological polar surface area (TPSA) is 236 Å². The van der Waals surface area contributed by atoms with Crippen LogP contribution in [0.25, 0.3) is 11.2 Å². The van der Waals surface area contributed by atoms with E-state index < -0.39 is 82.1 Å². The van der Waals surface area contributed by atoms with E-state index in [0.717, 1.165) is 43.7 Å². The third-order valence-corrected chi connectivity index (χ3v) is 9.27. The van der Waals surface area contributed by atoms with Crippen LogP contribution in [0, 0.1) is 0 Å². The van der Waals surface area contributed by atoms with Crippen LogP contribution >= 0.6 is 14.5 Å². The Kier molecular flexibility index (Phi) is 9.71. The molecular weight excluding hydrogens is 662 g/mol. The highest BCUT2D eigenvalue weighted by molar-refractivity contribution is 8.07. The molecule has 0 spiro atoms. The molecule has 0 amide bonds. The van der Waals surface area contributed by atoms with Gasteiger partial charge in [0.05, 0.1) is 26.7 Å². The van der Waals surface area contributed by atoms with Crippen molar-refractivity contribution < 1.29 is 55.4 Å². The van der Waals surface area contributed by atoms with Crippen LogP contribution in [0.15, 0.2) is 34.5 Å². The Hall–Kier alpha value is -2.59. The van der Waals surface area contributed by atoms with Gasteiger partial charge >= 0.3 is 20.2 Å².